The van der Waals surface area contributed by atoms with Crippen LogP contribution in [0.25, 0.3) is 0 Å². The molecule has 2 aromatic rings. The first-order valence-electron chi connectivity index (χ1n) is 4.73. The molecule has 0 saturated carbocycles. The molecule has 0 amide bonds. The normalized spacial score (nSPS) is 9.93. The summed E-state index contributed by atoms with van der Waals surface area (Å²) < 4.78 is 1.04. The zero-order chi connectivity index (χ0) is 10.5. The summed E-state index contributed by atoms with van der Waals surface area (Å²) in [5, 5.41) is 3.32. The van der Waals surface area contributed by atoms with E-state index < -0.39 is 0 Å². The van der Waals surface area contributed by atoms with Gasteiger partial charge in [0.05, 0.1) is 11.9 Å². The molecule has 1 N–H and O–H groups in total. The molecular formula is C12H11BrN2. The van der Waals surface area contributed by atoms with Gasteiger partial charge in [0.1, 0.15) is 0 Å². The van der Waals surface area contributed by atoms with E-state index in [-0.39, 0.29) is 0 Å². The van der Waals surface area contributed by atoms with E-state index in [0.717, 1.165) is 16.7 Å². The van der Waals surface area contributed by atoms with E-state index >= 15 is 0 Å². The van der Waals surface area contributed by atoms with Crippen LogP contribution in [0, 0.1) is 0 Å². The van der Waals surface area contributed by atoms with Crippen molar-refractivity contribution in [3.63, 3.8) is 0 Å². The van der Waals surface area contributed by atoms with Crippen LogP contribution in [0.4, 0.5) is 5.69 Å². The molecule has 1 aromatic carbocycles. The maximum absolute atomic E-state index is 4.07. The lowest BCUT2D eigenvalue weighted by Crippen LogP contribution is -1.99. The first-order chi connectivity index (χ1) is 7.36. The van der Waals surface area contributed by atoms with Gasteiger partial charge >= 0.3 is 0 Å². The number of benzene rings is 1. The quantitative estimate of drug-likeness (QED) is 0.917. The van der Waals surface area contributed by atoms with E-state index in [2.05, 4.69) is 38.4 Å². The van der Waals surface area contributed by atoms with Crippen molar-refractivity contribution in [3.05, 3.63) is 58.8 Å². The van der Waals surface area contributed by atoms with Crippen LogP contribution in [0.3, 0.4) is 0 Å². The summed E-state index contributed by atoms with van der Waals surface area (Å²) in [6, 6.07) is 12.2. The van der Waals surface area contributed by atoms with Gasteiger partial charge in [-0.2, -0.15) is 0 Å². The highest BCUT2D eigenvalue weighted by molar-refractivity contribution is 9.10. The van der Waals surface area contributed by atoms with Crippen LogP contribution in [0.1, 0.15) is 5.56 Å². The number of hydrogen-bond donors (Lipinski definition) is 1. The molecule has 76 valence electrons. The Bertz CT molecular complexity index is 429. The van der Waals surface area contributed by atoms with Gasteiger partial charge in [0, 0.05) is 17.2 Å². The van der Waals surface area contributed by atoms with Crippen molar-refractivity contribution in [2.24, 2.45) is 0 Å². The van der Waals surface area contributed by atoms with Crippen molar-refractivity contribution in [2.45, 2.75) is 6.54 Å². The Morgan fingerprint density at radius 2 is 1.93 bits per heavy atom. The summed E-state index contributed by atoms with van der Waals surface area (Å²) in [5.74, 6) is 0. The highest BCUT2D eigenvalue weighted by Gasteiger charge is 1.97. The molecular weight excluding hydrogens is 252 g/mol. The van der Waals surface area contributed by atoms with Gasteiger partial charge in [-0.25, -0.2) is 0 Å². The van der Waals surface area contributed by atoms with Gasteiger partial charge in [-0.1, -0.05) is 30.3 Å². The van der Waals surface area contributed by atoms with Gasteiger partial charge in [0.15, 0.2) is 0 Å². The number of nitrogens with one attached hydrogen (secondary N) is 1. The number of halogens is 1. The topological polar surface area (TPSA) is 24.9 Å². The molecule has 0 aliphatic carbocycles. The predicted molar refractivity (Wildman–Crippen MR) is 65.7 cm³/mol. The van der Waals surface area contributed by atoms with E-state index in [4.69, 9.17) is 0 Å². The third-order valence-corrected chi connectivity index (χ3v) is 2.79. The highest BCUT2D eigenvalue weighted by Crippen LogP contribution is 2.20. The van der Waals surface area contributed by atoms with Crippen molar-refractivity contribution in [1.82, 2.24) is 4.98 Å². The van der Waals surface area contributed by atoms with Gasteiger partial charge < -0.3 is 5.32 Å². The fourth-order valence-corrected chi connectivity index (χ4v) is 1.66. The van der Waals surface area contributed by atoms with E-state index in [1.54, 1.807) is 6.20 Å². The van der Waals surface area contributed by atoms with Crippen LogP contribution in [0.2, 0.25) is 0 Å². The Labute approximate surface area is 97.5 Å². The largest absolute Gasteiger partial charge is 0.379 e. The monoisotopic (exact) mass is 262 g/mol. The molecule has 1 heterocycles. The summed E-state index contributed by atoms with van der Waals surface area (Å²) in [7, 11) is 0. The summed E-state index contributed by atoms with van der Waals surface area (Å²) in [6.45, 7) is 0.811. The minimum absolute atomic E-state index is 0.811. The smallest absolute Gasteiger partial charge is 0.0673 e. The lowest BCUT2D eigenvalue weighted by Gasteiger charge is -2.07. The third kappa shape index (κ3) is 2.80. The molecule has 1 aromatic heterocycles. The zero-order valence-corrected chi connectivity index (χ0v) is 9.74. The predicted octanol–water partition coefficient (Wildman–Crippen LogP) is 3.46. The lowest BCUT2D eigenvalue weighted by molar-refractivity contribution is 1.13. The molecule has 0 unspecified atom stereocenters. The fraction of sp³-hybridized carbons (Fsp3) is 0.0833. The SMILES string of the molecule is Brc1ccncc1NCc1ccccc1. The first-order valence-corrected chi connectivity index (χ1v) is 5.53. The number of aromatic nitrogens is 1. The van der Waals surface area contributed by atoms with Crippen molar-refractivity contribution < 1.29 is 0 Å². The Hall–Kier alpha value is -1.35. The average molecular weight is 263 g/mol. The number of anilines is 1. The average Bonchev–Trinajstić information content (AvgIpc) is 2.29. The van der Waals surface area contributed by atoms with Crippen molar-refractivity contribution in [2.75, 3.05) is 5.32 Å². The molecule has 0 atom stereocenters. The molecule has 2 nitrogen and oxygen atoms in total. The van der Waals surface area contributed by atoms with Crippen molar-refractivity contribution >= 4 is 21.6 Å². The number of rotatable bonds is 3. The second-order valence-electron chi connectivity index (χ2n) is 3.19. The van der Waals surface area contributed by atoms with Crippen LogP contribution < -0.4 is 5.32 Å². The van der Waals surface area contributed by atoms with Gasteiger partial charge in [0.25, 0.3) is 0 Å². The Morgan fingerprint density at radius 1 is 1.13 bits per heavy atom. The molecule has 0 saturated heterocycles. The Kier molecular flexibility index (Phi) is 3.35. The molecule has 3 heteroatoms. The summed E-state index contributed by atoms with van der Waals surface area (Å²) in [4.78, 5) is 4.07. The maximum atomic E-state index is 4.07. The lowest BCUT2D eigenvalue weighted by atomic mass is 10.2. The molecule has 0 radical (unpaired) electrons. The number of hydrogen-bond acceptors (Lipinski definition) is 2. The molecule has 0 spiro atoms. The van der Waals surface area contributed by atoms with Crippen LogP contribution in [0.5, 0.6) is 0 Å². The second kappa shape index (κ2) is 4.94. The summed E-state index contributed by atoms with van der Waals surface area (Å²) in [6.07, 6.45) is 3.57. The van der Waals surface area contributed by atoms with Crippen LogP contribution >= 0.6 is 15.9 Å². The zero-order valence-electron chi connectivity index (χ0n) is 8.15. The van der Waals surface area contributed by atoms with Crippen molar-refractivity contribution in [1.29, 1.82) is 0 Å². The number of pyridine rings is 1. The Morgan fingerprint density at radius 3 is 2.67 bits per heavy atom. The number of nitrogens with zero attached hydrogens (tertiary/aromatic N) is 1. The summed E-state index contributed by atoms with van der Waals surface area (Å²) in [5.41, 5.74) is 2.27. The van der Waals surface area contributed by atoms with Crippen LogP contribution in [-0.4, -0.2) is 4.98 Å². The van der Waals surface area contributed by atoms with Gasteiger partial charge in [0.2, 0.25) is 0 Å². The highest BCUT2D eigenvalue weighted by atomic mass is 79.9. The van der Waals surface area contributed by atoms with E-state index in [1.165, 1.54) is 5.56 Å². The van der Waals surface area contributed by atoms with Crippen LogP contribution in [0.15, 0.2) is 53.3 Å². The Balaban J connectivity index is 2.03. The van der Waals surface area contributed by atoms with Gasteiger partial charge in [-0.3, -0.25) is 4.98 Å². The van der Waals surface area contributed by atoms with Crippen molar-refractivity contribution in [3.8, 4) is 0 Å². The van der Waals surface area contributed by atoms with Gasteiger partial charge in [-0.15, -0.1) is 0 Å². The molecule has 0 fully saturated rings. The maximum Gasteiger partial charge on any atom is 0.0673 e. The molecule has 2 rings (SSSR count). The molecule has 0 aliphatic heterocycles. The molecule has 0 bridgehead atoms. The van der Waals surface area contributed by atoms with E-state index in [0.29, 0.717) is 0 Å². The summed E-state index contributed by atoms with van der Waals surface area (Å²) >= 11 is 3.47. The third-order valence-electron chi connectivity index (χ3n) is 2.09. The van der Waals surface area contributed by atoms with Gasteiger partial charge in [-0.05, 0) is 27.6 Å². The van der Waals surface area contributed by atoms with E-state index in [1.807, 2.05) is 30.5 Å². The minimum Gasteiger partial charge on any atom is -0.379 e. The molecule has 15 heavy (non-hydrogen) atoms. The first kappa shape index (κ1) is 10.2. The standard InChI is InChI=1S/C12H11BrN2/c13-11-6-7-14-9-12(11)15-8-10-4-2-1-3-5-10/h1-7,9,15H,8H2. The minimum atomic E-state index is 0.811. The van der Waals surface area contributed by atoms with Crippen LogP contribution in [-0.2, 0) is 6.54 Å². The fourth-order valence-electron chi connectivity index (χ4n) is 1.30. The molecule has 0 aliphatic rings. The van der Waals surface area contributed by atoms with E-state index in [9.17, 15) is 0 Å². The second-order valence-corrected chi connectivity index (χ2v) is 4.05.